The molecule has 5 nitrogen and oxygen atoms in total. The zero-order valence-corrected chi connectivity index (χ0v) is 12.1. The fourth-order valence-electron chi connectivity index (χ4n) is 2.02. The van der Waals surface area contributed by atoms with Crippen LogP contribution in [0.5, 0.6) is 0 Å². The largest absolute Gasteiger partial charge is 0.312 e. The summed E-state index contributed by atoms with van der Waals surface area (Å²) >= 11 is 0. The fraction of sp³-hybridized carbons (Fsp3) is 0.400. The van der Waals surface area contributed by atoms with Gasteiger partial charge in [0.1, 0.15) is 12.4 Å². The molecule has 0 amide bonds. The molecular weight excluding hydrogens is 250 g/mol. The third-order valence-corrected chi connectivity index (χ3v) is 2.98. The van der Waals surface area contributed by atoms with Crippen LogP contribution in [0, 0.1) is 24.2 Å². The van der Waals surface area contributed by atoms with Crippen LogP contribution >= 0.6 is 0 Å². The molecule has 1 heterocycles. The van der Waals surface area contributed by atoms with Crippen LogP contribution in [-0.4, -0.2) is 21.3 Å². The first-order valence-electron chi connectivity index (χ1n) is 6.72. The van der Waals surface area contributed by atoms with Gasteiger partial charge in [-0.05, 0) is 36.6 Å². The number of nitrogens with zero attached hydrogens (tertiary/aromatic N) is 4. The summed E-state index contributed by atoms with van der Waals surface area (Å²) in [6, 6.07) is 8.15. The Hall–Kier alpha value is -2.19. The molecule has 0 radical (unpaired) electrons. The Morgan fingerprint density at radius 3 is 2.80 bits per heavy atom. The summed E-state index contributed by atoms with van der Waals surface area (Å²) in [4.78, 5) is 3.92. The van der Waals surface area contributed by atoms with E-state index in [0.29, 0.717) is 5.92 Å². The highest BCUT2D eigenvalue weighted by Gasteiger charge is 2.06. The Morgan fingerprint density at radius 1 is 1.40 bits per heavy atom. The lowest BCUT2D eigenvalue weighted by Gasteiger charge is -2.10. The number of aromatic nitrogens is 3. The highest BCUT2D eigenvalue weighted by molar-refractivity contribution is 5.42. The summed E-state index contributed by atoms with van der Waals surface area (Å²) in [5.41, 5.74) is 3.31. The molecule has 0 spiro atoms. The van der Waals surface area contributed by atoms with Crippen LogP contribution < -0.4 is 5.32 Å². The van der Waals surface area contributed by atoms with Crippen molar-refractivity contribution in [1.29, 1.82) is 5.26 Å². The van der Waals surface area contributed by atoms with Gasteiger partial charge in [-0.1, -0.05) is 26.0 Å². The molecule has 0 fully saturated rings. The predicted octanol–water partition coefficient (Wildman–Crippen LogP) is 2.19. The molecule has 0 aliphatic heterocycles. The van der Waals surface area contributed by atoms with Crippen LogP contribution in [0.15, 0.2) is 24.5 Å². The molecule has 2 rings (SSSR count). The minimum atomic E-state index is 0.187. The smallest absolute Gasteiger partial charge is 0.252 e. The van der Waals surface area contributed by atoms with Crippen LogP contribution in [0.25, 0.3) is 5.69 Å². The van der Waals surface area contributed by atoms with E-state index in [4.69, 9.17) is 5.26 Å². The van der Waals surface area contributed by atoms with Gasteiger partial charge in [0.15, 0.2) is 0 Å². The van der Waals surface area contributed by atoms with Crippen molar-refractivity contribution in [1.82, 2.24) is 20.1 Å². The van der Waals surface area contributed by atoms with Gasteiger partial charge in [0.2, 0.25) is 0 Å². The van der Waals surface area contributed by atoms with Gasteiger partial charge in [0.05, 0.1) is 5.69 Å². The van der Waals surface area contributed by atoms with Gasteiger partial charge in [0, 0.05) is 6.54 Å². The molecule has 0 aliphatic rings. The molecule has 1 aromatic carbocycles. The standard InChI is InChI=1S/C15H19N5/c1-11(2)8-17-9-13-4-5-14(12(3)6-13)20-10-18-15(7-16)19-20/h4-6,10-11,17H,8-9H2,1-3H3. The van der Waals surface area contributed by atoms with Gasteiger partial charge in [-0.3, -0.25) is 0 Å². The molecule has 20 heavy (non-hydrogen) atoms. The van der Waals surface area contributed by atoms with Gasteiger partial charge in [-0.25, -0.2) is 9.67 Å². The minimum Gasteiger partial charge on any atom is -0.312 e. The predicted molar refractivity (Wildman–Crippen MR) is 77.4 cm³/mol. The summed E-state index contributed by atoms with van der Waals surface area (Å²) < 4.78 is 1.64. The van der Waals surface area contributed by atoms with Crippen molar-refractivity contribution < 1.29 is 0 Å². The monoisotopic (exact) mass is 269 g/mol. The second-order valence-corrected chi connectivity index (χ2v) is 5.27. The third kappa shape index (κ3) is 3.43. The van der Waals surface area contributed by atoms with E-state index in [0.717, 1.165) is 24.3 Å². The van der Waals surface area contributed by atoms with Crippen molar-refractivity contribution in [3.05, 3.63) is 41.5 Å². The third-order valence-electron chi connectivity index (χ3n) is 2.98. The average molecular weight is 269 g/mol. The molecule has 0 saturated carbocycles. The number of nitriles is 1. The zero-order valence-electron chi connectivity index (χ0n) is 12.1. The van der Waals surface area contributed by atoms with Crippen LogP contribution in [0.2, 0.25) is 0 Å². The van der Waals surface area contributed by atoms with E-state index in [1.807, 2.05) is 19.1 Å². The molecule has 0 bridgehead atoms. The van der Waals surface area contributed by atoms with E-state index in [1.165, 1.54) is 5.56 Å². The van der Waals surface area contributed by atoms with E-state index in [2.05, 4.69) is 41.4 Å². The summed E-state index contributed by atoms with van der Waals surface area (Å²) in [7, 11) is 0. The van der Waals surface area contributed by atoms with Gasteiger partial charge < -0.3 is 5.32 Å². The van der Waals surface area contributed by atoms with E-state index >= 15 is 0 Å². The number of rotatable bonds is 5. The van der Waals surface area contributed by atoms with E-state index in [-0.39, 0.29) is 5.82 Å². The summed E-state index contributed by atoms with van der Waals surface area (Å²) in [6.07, 6.45) is 1.57. The van der Waals surface area contributed by atoms with Crippen molar-refractivity contribution in [2.24, 2.45) is 5.92 Å². The Labute approximate surface area is 119 Å². The molecule has 0 unspecified atom stereocenters. The fourth-order valence-corrected chi connectivity index (χ4v) is 2.02. The van der Waals surface area contributed by atoms with Gasteiger partial charge in [0.25, 0.3) is 5.82 Å². The quantitative estimate of drug-likeness (QED) is 0.903. The molecule has 2 aromatic rings. The lowest BCUT2D eigenvalue weighted by Crippen LogP contribution is -2.19. The summed E-state index contributed by atoms with van der Waals surface area (Å²) in [6.45, 7) is 8.29. The zero-order chi connectivity index (χ0) is 14.5. The molecule has 0 atom stereocenters. The summed E-state index contributed by atoms with van der Waals surface area (Å²) in [5, 5.41) is 16.3. The van der Waals surface area contributed by atoms with Crippen molar-refractivity contribution >= 4 is 0 Å². The van der Waals surface area contributed by atoms with Crippen LogP contribution in [0.4, 0.5) is 0 Å². The number of benzene rings is 1. The van der Waals surface area contributed by atoms with Crippen molar-refractivity contribution in [3.8, 4) is 11.8 Å². The van der Waals surface area contributed by atoms with Crippen LogP contribution in [0.1, 0.15) is 30.8 Å². The van der Waals surface area contributed by atoms with Crippen molar-refractivity contribution in [2.45, 2.75) is 27.3 Å². The summed E-state index contributed by atoms with van der Waals surface area (Å²) in [5.74, 6) is 0.835. The normalized spacial score (nSPS) is 10.8. The Morgan fingerprint density at radius 2 is 2.20 bits per heavy atom. The van der Waals surface area contributed by atoms with Gasteiger partial charge >= 0.3 is 0 Å². The SMILES string of the molecule is Cc1cc(CNCC(C)C)ccc1-n1cnc(C#N)n1. The maximum Gasteiger partial charge on any atom is 0.252 e. The highest BCUT2D eigenvalue weighted by atomic mass is 15.3. The molecular formula is C15H19N5. The Kier molecular flexibility index (Phi) is 4.49. The van der Waals surface area contributed by atoms with E-state index < -0.39 is 0 Å². The molecule has 0 aliphatic carbocycles. The van der Waals surface area contributed by atoms with E-state index in [9.17, 15) is 0 Å². The number of aryl methyl sites for hydroxylation is 1. The first kappa shape index (κ1) is 14.2. The minimum absolute atomic E-state index is 0.187. The number of hydrogen-bond acceptors (Lipinski definition) is 4. The van der Waals surface area contributed by atoms with Crippen molar-refractivity contribution in [2.75, 3.05) is 6.54 Å². The van der Waals surface area contributed by atoms with E-state index in [1.54, 1.807) is 11.0 Å². The second kappa shape index (κ2) is 6.31. The molecule has 1 aromatic heterocycles. The maximum absolute atomic E-state index is 8.76. The average Bonchev–Trinajstić information content (AvgIpc) is 2.87. The van der Waals surface area contributed by atoms with Crippen LogP contribution in [0.3, 0.4) is 0 Å². The molecule has 0 saturated heterocycles. The number of hydrogen-bond donors (Lipinski definition) is 1. The Bertz CT molecular complexity index is 621. The molecule has 1 N–H and O–H groups in total. The Balaban J connectivity index is 2.11. The molecule has 5 heteroatoms. The van der Waals surface area contributed by atoms with Crippen molar-refractivity contribution in [3.63, 3.8) is 0 Å². The van der Waals surface area contributed by atoms with Gasteiger partial charge in [-0.2, -0.15) is 5.26 Å². The first-order chi connectivity index (χ1) is 9.60. The first-order valence-corrected chi connectivity index (χ1v) is 6.72. The lowest BCUT2D eigenvalue weighted by molar-refractivity contribution is 0.552. The molecule has 104 valence electrons. The van der Waals surface area contributed by atoms with Gasteiger partial charge in [-0.15, -0.1) is 5.10 Å². The van der Waals surface area contributed by atoms with Crippen LogP contribution in [-0.2, 0) is 6.54 Å². The maximum atomic E-state index is 8.76. The second-order valence-electron chi connectivity index (χ2n) is 5.27. The topological polar surface area (TPSA) is 66.5 Å². The highest BCUT2D eigenvalue weighted by Crippen LogP contribution is 2.15. The number of nitrogens with one attached hydrogen (secondary N) is 1. The lowest BCUT2D eigenvalue weighted by atomic mass is 10.1.